The second-order valence-electron chi connectivity index (χ2n) is 3.97. The molecule has 5 nitrogen and oxygen atoms in total. The SMILES string of the molecule is O=C(O)c1ccc(Br)c(NC(=O)c2ccccc2O)c1. The van der Waals surface area contributed by atoms with E-state index in [4.69, 9.17) is 5.11 Å². The third-order valence-electron chi connectivity index (χ3n) is 2.61. The predicted octanol–water partition coefficient (Wildman–Crippen LogP) is 3.11. The molecule has 0 aliphatic heterocycles. The molecule has 6 heteroatoms. The number of hydrogen-bond donors (Lipinski definition) is 3. The number of aromatic hydroxyl groups is 1. The summed E-state index contributed by atoms with van der Waals surface area (Å²) in [5.74, 6) is -1.75. The molecule has 0 bridgehead atoms. The molecule has 0 aliphatic carbocycles. The molecule has 0 aromatic heterocycles. The molecule has 0 saturated carbocycles. The van der Waals surface area contributed by atoms with E-state index in [2.05, 4.69) is 21.2 Å². The molecule has 0 fully saturated rings. The van der Waals surface area contributed by atoms with Crippen molar-refractivity contribution in [2.75, 3.05) is 5.32 Å². The maximum Gasteiger partial charge on any atom is 0.335 e. The number of nitrogens with one attached hydrogen (secondary N) is 1. The first-order valence-electron chi connectivity index (χ1n) is 5.61. The number of halogens is 1. The summed E-state index contributed by atoms with van der Waals surface area (Å²) in [5.41, 5.74) is 0.485. The largest absolute Gasteiger partial charge is 0.507 e. The third kappa shape index (κ3) is 2.97. The number of phenolic OH excluding ortho intramolecular Hbond substituents is 1. The fraction of sp³-hybridized carbons (Fsp3) is 0. The van der Waals surface area contributed by atoms with Gasteiger partial charge in [0.05, 0.1) is 16.8 Å². The zero-order chi connectivity index (χ0) is 14.7. The van der Waals surface area contributed by atoms with Gasteiger partial charge in [0.15, 0.2) is 0 Å². The summed E-state index contributed by atoms with van der Waals surface area (Å²) in [6.07, 6.45) is 0. The Hall–Kier alpha value is -2.34. The molecule has 2 aromatic carbocycles. The van der Waals surface area contributed by atoms with Crippen LogP contribution in [0.25, 0.3) is 0 Å². The molecule has 0 unspecified atom stereocenters. The number of phenols is 1. The van der Waals surface area contributed by atoms with Crippen LogP contribution in [-0.2, 0) is 0 Å². The van der Waals surface area contributed by atoms with E-state index in [1.807, 2.05) is 0 Å². The van der Waals surface area contributed by atoms with Gasteiger partial charge in [-0.3, -0.25) is 4.79 Å². The lowest BCUT2D eigenvalue weighted by Crippen LogP contribution is -2.13. The topological polar surface area (TPSA) is 86.6 Å². The first kappa shape index (κ1) is 14.1. The number of aromatic carboxylic acids is 1. The molecule has 2 aromatic rings. The van der Waals surface area contributed by atoms with Crippen LogP contribution in [0.4, 0.5) is 5.69 Å². The van der Waals surface area contributed by atoms with Crippen LogP contribution in [0.5, 0.6) is 5.75 Å². The van der Waals surface area contributed by atoms with Crippen molar-refractivity contribution in [2.24, 2.45) is 0 Å². The summed E-state index contributed by atoms with van der Waals surface area (Å²) in [5, 5.41) is 21.1. The second-order valence-corrected chi connectivity index (χ2v) is 4.83. The molecule has 0 radical (unpaired) electrons. The molecule has 102 valence electrons. The average molecular weight is 336 g/mol. The van der Waals surface area contributed by atoms with Gasteiger partial charge in [0.25, 0.3) is 5.91 Å². The van der Waals surface area contributed by atoms with Gasteiger partial charge in [-0.05, 0) is 46.3 Å². The van der Waals surface area contributed by atoms with Gasteiger partial charge in [-0.1, -0.05) is 12.1 Å². The molecule has 1 amide bonds. The Labute approximate surface area is 123 Å². The lowest BCUT2D eigenvalue weighted by Gasteiger charge is -2.09. The highest BCUT2D eigenvalue weighted by Crippen LogP contribution is 2.25. The Morgan fingerprint density at radius 3 is 2.45 bits per heavy atom. The van der Waals surface area contributed by atoms with E-state index >= 15 is 0 Å². The van der Waals surface area contributed by atoms with Gasteiger partial charge in [-0.2, -0.15) is 0 Å². The summed E-state index contributed by atoms with van der Waals surface area (Å²) in [6.45, 7) is 0. The van der Waals surface area contributed by atoms with Crippen LogP contribution >= 0.6 is 15.9 Å². The van der Waals surface area contributed by atoms with Crippen molar-refractivity contribution in [1.82, 2.24) is 0 Å². The first-order valence-corrected chi connectivity index (χ1v) is 6.40. The number of amides is 1. The van der Waals surface area contributed by atoms with E-state index in [-0.39, 0.29) is 16.9 Å². The van der Waals surface area contributed by atoms with E-state index in [1.165, 1.54) is 30.3 Å². The van der Waals surface area contributed by atoms with Crippen LogP contribution in [0.1, 0.15) is 20.7 Å². The number of carbonyl (C=O) groups excluding carboxylic acids is 1. The maximum atomic E-state index is 12.0. The molecule has 0 atom stereocenters. The van der Waals surface area contributed by atoms with Crippen molar-refractivity contribution < 1.29 is 19.8 Å². The number of rotatable bonds is 3. The van der Waals surface area contributed by atoms with Crippen molar-refractivity contribution in [3.8, 4) is 5.75 Å². The van der Waals surface area contributed by atoms with Crippen LogP contribution in [0.15, 0.2) is 46.9 Å². The second kappa shape index (κ2) is 5.75. The van der Waals surface area contributed by atoms with Crippen molar-refractivity contribution in [2.45, 2.75) is 0 Å². The van der Waals surface area contributed by atoms with Gasteiger partial charge in [-0.25, -0.2) is 4.79 Å². The highest BCUT2D eigenvalue weighted by Gasteiger charge is 2.13. The minimum absolute atomic E-state index is 0.0563. The molecule has 0 saturated heterocycles. The van der Waals surface area contributed by atoms with Gasteiger partial charge in [0.1, 0.15) is 5.75 Å². The number of hydrogen-bond acceptors (Lipinski definition) is 3. The fourth-order valence-electron chi connectivity index (χ4n) is 1.61. The Morgan fingerprint density at radius 1 is 1.10 bits per heavy atom. The highest BCUT2D eigenvalue weighted by atomic mass is 79.9. The van der Waals surface area contributed by atoms with Crippen molar-refractivity contribution >= 4 is 33.5 Å². The monoisotopic (exact) mass is 335 g/mol. The normalized spacial score (nSPS) is 10.1. The number of para-hydroxylation sites is 1. The van der Waals surface area contributed by atoms with Crippen LogP contribution < -0.4 is 5.32 Å². The van der Waals surface area contributed by atoms with E-state index in [0.29, 0.717) is 10.2 Å². The molecule has 0 heterocycles. The van der Waals surface area contributed by atoms with E-state index < -0.39 is 11.9 Å². The zero-order valence-electron chi connectivity index (χ0n) is 10.1. The Morgan fingerprint density at radius 2 is 1.80 bits per heavy atom. The zero-order valence-corrected chi connectivity index (χ0v) is 11.7. The molecular formula is C14H10BrNO4. The maximum absolute atomic E-state index is 12.0. The lowest BCUT2D eigenvalue weighted by atomic mass is 10.1. The van der Waals surface area contributed by atoms with E-state index in [0.717, 1.165) is 0 Å². The lowest BCUT2D eigenvalue weighted by molar-refractivity contribution is 0.0696. The number of anilines is 1. The van der Waals surface area contributed by atoms with Crippen molar-refractivity contribution in [1.29, 1.82) is 0 Å². The molecule has 0 spiro atoms. The van der Waals surface area contributed by atoms with E-state index in [1.54, 1.807) is 12.1 Å². The smallest absolute Gasteiger partial charge is 0.335 e. The van der Waals surface area contributed by atoms with Gasteiger partial charge in [0.2, 0.25) is 0 Å². The molecular weight excluding hydrogens is 326 g/mol. The number of carbonyl (C=O) groups is 2. The summed E-state index contributed by atoms with van der Waals surface area (Å²) < 4.78 is 0.547. The molecule has 20 heavy (non-hydrogen) atoms. The fourth-order valence-corrected chi connectivity index (χ4v) is 1.96. The van der Waals surface area contributed by atoms with E-state index in [9.17, 15) is 14.7 Å². The predicted molar refractivity (Wildman–Crippen MR) is 77.2 cm³/mol. The van der Waals surface area contributed by atoms with Crippen LogP contribution in [0, 0.1) is 0 Å². The van der Waals surface area contributed by atoms with Gasteiger partial charge in [0, 0.05) is 4.47 Å². The number of carboxylic acid groups (broad SMARTS) is 1. The van der Waals surface area contributed by atoms with Gasteiger partial charge in [-0.15, -0.1) is 0 Å². The molecule has 3 N–H and O–H groups in total. The average Bonchev–Trinajstić information content (AvgIpc) is 2.41. The molecule has 2 rings (SSSR count). The number of carboxylic acids is 1. The van der Waals surface area contributed by atoms with Crippen molar-refractivity contribution in [3.63, 3.8) is 0 Å². The minimum atomic E-state index is -1.09. The van der Waals surface area contributed by atoms with Crippen LogP contribution in [0.2, 0.25) is 0 Å². The molecule has 0 aliphatic rings. The first-order chi connectivity index (χ1) is 9.49. The van der Waals surface area contributed by atoms with Gasteiger partial charge < -0.3 is 15.5 Å². The van der Waals surface area contributed by atoms with Gasteiger partial charge >= 0.3 is 5.97 Å². The Kier molecular flexibility index (Phi) is 4.05. The highest BCUT2D eigenvalue weighted by molar-refractivity contribution is 9.10. The minimum Gasteiger partial charge on any atom is -0.507 e. The Balaban J connectivity index is 2.30. The number of benzene rings is 2. The summed E-state index contributed by atoms with van der Waals surface area (Å²) >= 11 is 3.23. The van der Waals surface area contributed by atoms with Crippen LogP contribution in [-0.4, -0.2) is 22.1 Å². The summed E-state index contributed by atoms with van der Waals surface area (Å²) in [7, 11) is 0. The quantitative estimate of drug-likeness (QED) is 0.804. The third-order valence-corrected chi connectivity index (χ3v) is 3.30. The van der Waals surface area contributed by atoms with Crippen molar-refractivity contribution in [3.05, 3.63) is 58.1 Å². The summed E-state index contributed by atoms with van der Waals surface area (Å²) in [6, 6.07) is 10.4. The summed E-state index contributed by atoms with van der Waals surface area (Å²) in [4.78, 5) is 22.9. The Bertz CT molecular complexity index is 685. The standard InChI is InChI=1S/C14H10BrNO4/c15-10-6-5-8(14(19)20)7-11(10)16-13(18)9-3-1-2-4-12(9)17/h1-7,17H,(H,16,18)(H,19,20). The van der Waals surface area contributed by atoms with Crippen LogP contribution in [0.3, 0.4) is 0 Å².